The number of halogens is 1. The van der Waals surface area contributed by atoms with Gasteiger partial charge in [-0.15, -0.1) is 0 Å². The highest BCUT2D eigenvalue weighted by molar-refractivity contribution is 9.10. The first-order valence-electron chi connectivity index (χ1n) is 9.83. The monoisotopic (exact) mass is 510 g/mol. The smallest absolute Gasteiger partial charge is 0.271 e. The fraction of sp³-hybridized carbons (Fsp3) is 0.429. The molecule has 9 heteroatoms. The number of hydrogen-bond acceptors (Lipinski definition) is 6. The molecule has 0 aliphatic heterocycles. The van der Waals surface area contributed by atoms with Crippen LogP contribution in [0.25, 0.3) is 0 Å². The molecule has 30 heavy (non-hydrogen) atoms. The number of amides is 2. The summed E-state index contributed by atoms with van der Waals surface area (Å²) < 4.78 is 0.500. The Morgan fingerprint density at radius 2 is 1.90 bits per heavy atom. The van der Waals surface area contributed by atoms with Gasteiger partial charge in [-0.05, 0) is 64.9 Å². The van der Waals surface area contributed by atoms with Crippen molar-refractivity contribution < 1.29 is 9.59 Å². The van der Waals surface area contributed by atoms with E-state index in [1.165, 1.54) is 17.3 Å². The van der Waals surface area contributed by atoms with Crippen LogP contribution in [0.3, 0.4) is 0 Å². The van der Waals surface area contributed by atoms with Crippen molar-refractivity contribution in [3.63, 3.8) is 0 Å². The Kier molecular flexibility index (Phi) is 10.7. The topological polar surface area (TPSA) is 84.0 Å². The van der Waals surface area contributed by atoms with Gasteiger partial charge < -0.3 is 10.6 Å². The molecule has 0 bridgehead atoms. The van der Waals surface area contributed by atoms with E-state index in [2.05, 4.69) is 50.4 Å². The van der Waals surface area contributed by atoms with Crippen molar-refractivity contribution in [3.8, 4) is 0 Å². The lowest BCUT2D eigenvalue weighted by Gasteiger charge is -2.18. The molecular formula is C21H27BrN4O2S2. The molecule has 0 aliphatic carbocycles. The fourth-order valence-electron chi connectivity index (χ4n) is 2.56. The molecular weight excluding hydrogens is 484 g/mol. The Hall–Kier alpha value is -1.58. The highest BCUT2D eigenvalue weighted by atomic mass is 79.9. The van der Waals surface area contributed by atoms with Gasteiger partial charge >= 0.3 is 0 Å². The van der Waals surface area contributed by atoms with E-state index < -0.39 is 11.9 Å². The Labute approximate surface area is 194 Å². The molecule has 0 aliphatic rings. The first-order valence-corrected chi connectivity index (χ1v) is 13.0. The molecule has 0 radical (unpaired) electrons. The molecule has 0 spiro atoms. The van der Waals surface area contributed by atoms with Gasteiger partial charge in [0.1, 0.15) is 11.7 Å². The summed E-state index contributed by atoms with van der Waals surface area (Å²) >= 11 is 6.47. The number of hydrogen-bond donors (Lipinski definition) is 2. The van der Waals surface area contributed by atoms with Crippen molar-refractivity contribution in [1.29, 1.82) is 0 Å². The second kappa shape index (κ2) is 13.0. The minimum Gasteiger partial charge on any atom is -0.339 e. The van der Waals surface area contributed by atoms with Gasteiger partial charge in [0.2, 0.25) is 5.91 Å². The van der Waals surface area contributed by atoms with Crippen LogP contribution in [0.2, 0.25) is 0 Å². The van der Waals surface area contributed by atoms with Crippen LogP contribution in [-0.2, 0) is 11.2 Å². The minimum atomic E-state index is -0.663. The number of aryl methyl sites for hydroxylation is 1. The molecule has 2 rings (SSSR count). The average molecular weight is 512 g/mol. The molecule has 2 amide bonds. The quantitative estimate of drug-likeness (QED) is 0.333. The SMILES string of the molecule is CCCSc1ncc(Br)c(C(=O)N[C@@H](CCSC)C(=O)Nc2ccc(CC)cc2)n1. The molecule has 0 saturated heterocycles. The van der Waals surface area contributed by atoms with Gasteiger partial charge in [-0.1, -0.05) is 37.7 Å². The maximum atomic E-state index is 12.9. The first-order chi connectivity index (χ1) is 14.5. The van der Waals surface area contributed by atoms with E-state index in [1.54, 1.807) is 18.0 Å². The summed E-state index contributed by atoms with van der Waals surface area (Å²) in [6.07, 6.45) is 5.99. The molecule has 1 aromatic heterocycles. The molecule has 6 nitrogen and oxygen atoms in total. The maximum Gasteiger partial charge on any atom is 0.271 e. The van der Waals surface area contributed by atoms with Crippen LogP contribution in [0, 0.1) is 0 Å². The molecule has 162 valence electrons. The predicted molar refractivity (Wildman–Crippen MR) is 129 cm³/mol. The summed E-state index contributed by atoms with van der Waals surface area (Å²) in [7, 11) is 0. The van der Waals surface area contributed by atoms with Crippen molar-refractivity contribution >= 4 is 57.0 Å². The Morgan fingerprint density at radius 1 is 1.17 bits per heavy atom. The molecule has 2 aromatic rings. The second-order valence-electron chi connectivity index (χ2n) is 6.54. The van der Waals surface area contributed by atoms with Crippen LogP contribution < -0.4 is 10.6 Å². The Balaban J connectivity index is 2.12. The van der Waals surface area contributed by atoms with Crippen molar-refractivity contribution in [3.05, 3.63) is 46.2 Å². The Bertz CT molecular complexity index is 849. The van der Waals surface area contributed by atoms with Gasteiger partial charge in [0.25, 0.3) is 5.91 Å². The summed E-state index contributed by atoms with van der Waals surface area (Å²) in [5.74, 6) is 0.978. The highest BCUT2D eigenvalue weighted by Gasteiger charge is 2.23. The molecule has 1 atom stereocenters. The Morgan fingerprint density at radius 3 is 2.53 bits per heavy atom. The summed E-state index contributed by atoms with van der Waals surface area (Å²) in [5, 5.41) is 6.29. The summed E-state index contributed by atoms with van der Waals surface area (Å²) in [6.45, 7) is 4.16. The normalized spacial score (nSPS) is 11.7. The highest BCUT2D eigenvalue weighted by Crippen LogP contribution is 2.20. The van der Waals surface area contributed by atoms with Crippen LogP contribution in [0.5, 0.6) is 0 Å². The number of anilines is 1. The maximum absolute atomic E-state index is 12.9. The van der Waals surface area contributed by atoms with Crippen molar-refractivity contribution in [1.82, 2.24) is 15.3 Å². The van der Waals surface area contributed by atoms with Crippen LogP contribution in [0.15, 0.2) is 40.1 Å². The van der Waals surface area contributed by atoms with Crippen molar-refractivity contribution in [2.45, 2.75) is 44.3 Å². The standard InChI is InChI=1S/C21H27BrN4O2S2/c1-4-11-30-21-23-13-16(22)18(26-21)20(28)25-17(10-12-29-3)19(27)24-15-8-6-14(5-2)7-9-15/h6-9,13,17H,4-5,10-12H2,1-3H3,(H,24,27)(H,25,28)/t17-/m0/s1. The van der Waals surface area contributed by atoms with E-state index in [4.69, 9.17) is 0 Å². The van der Waals surface area contributed by atoms with Gasteiger partial charge in [-0.25, -0.2) is 9.97 Å². The second-order valence-corrected chi connectivity index (χ2v) is 9.45. The van der Waals surface area contributed by atoms with E-state index in [9.17, 15) is 9.59 Å². The lowest BCUT2D eigenvalue weighted by molar-refractivity contribution is -0.118. The van der Waals surface area contributed by atoms with Gasteiger partial charge in [-0.3, -0.25) is 9.59 Å². The van der Waals surface area contributed by atoms with Gasteiger partial charge in [-0.2, -0.15) is 11.8 Å². The third kappa shape index (κ3) is 7.59. The van der Waals surface area contributed by atoms with Crippen molar-refractivity contribution in [2.24, 2.45) is 0 Å². The zero-order chi connectivity index (χ0) is 21.9. The minimum absolute atomic E-state index is 0.234. The van der Waals surface area contributed by atoms with E-state index in [0.717, 1.165) is 24.3 Å². The number of aromatic nitrogens is 2. The zero-order valence-electron chi connectivity index (χ0n) is 17.4. The molecule has 0 saturated carbocycles. The molecule has 0 unspecified atom stereocenters. The summed E-state index contributed by atoms with van der Waals surface area (Å²) in [6, 6.07) is 7.06. The zero-order valence-corrected chi connectivity index (χ0v) is 20.6. The third-order valence-corrected chi connectivity index (χ3v) is 6.53. The van der Waals surface area contributed by atoms with Gasteiger partial charge in [0, 0.05) is 17.6 Å². The molecule has 1 heterocycles. The van der Waals surface area contributed by atoms with Gasteiger partial charge in [0.15, 0.2) is 5.16 Å². The summed E-state index contributed by atoms with van der Waals surface area (Å²) in [5.41, 5.74) is 2.14. The van der Waals surface area contributed by atoms with Crippen LogP contribution in [0.4, 0.5) is 5.69 Å². The third-order valence-electron chi connectivity index (χ3n) is 4.23. The average Bonchev–Trinajstić information content (AvgIpc) is 2.76. The van der Waals surface area contributed by atoms with E-state index in [1.807, 2.05) is 30.5 Å². The van der Waals surface area contributed by atoms with Gasteiger partial charge in [0.05, 0.1) is 4.47 Å². The van der Waals surface area contributed by atoms with Crippen LogP contribution >= 0.6 is 39.5 Å². The lowest BCUT2D eigenvalue weighted by atomic mass is 10.1. The number of benzene rings is 1. The number of rotatable bonds is 11. The van der Waals surface area contributed by atoms with E-state index >= 15 is 0 Å². The van der Waals surface area contributed by atoms with E-state index in [-0.39, 0.29) is 11.6 Å². The van der Waals surface area contributed by atoms with Crippen molar-refractivity contribution in [2.75, 3.05) is 23.1 Å². The molecule has 0 fully saturated rings. The fourth-order valence-corrected chi connectivity index (χ4v) is 4.07. The molecule has 2 N–H and O–H groups in total. The number of carbonyl (C=O) groups excluding carboxylic acids is 2. The number of carbonyl (C=O) groups is 2. The first kappa shape index (κ1) is 24.7. The van der Waals surface area contributed by atoms with Crippen LogP contribution in [-0.4, -0.2) is 45.6 Å². The summed E-state index contributed by atoms with van der Waals surface area (Å²) in [4.78, 5) is 34.3. The molecule has 1 aromatic carbocycles. The number of thioether (sulfide) groups is 2. The van der Waals surface area contributed by atoms with E-state index in [0.29, 0.717) is 21.7 Å². The number of nitrogens with zero attached hydrogens (tertiary/aromatic N) is 2. The largest absolute Gasteiger partial charge is 0.339 e. The predicted octanol–water partition coefficient (Wildman–Crippen LogP) is 4.79. The lowest BCUT2D eigenvalue weighted by Crippen LogP contribution is -2.44. The van der Waals surface area contributed by atoms with Crippen LogP contribution in [0.1, 0.15) is 42.7 Å². The number of nitrogens with one attached hydrogen (secondary N) is 2.